The first-order valence-corrected chi connectivity index (χ1v) is 4.76. The predicted octanol–water partition coefficient (Wildman–Crippen LogP) is 2.48. The first kappa shape index (κ1) is 11.3. The molecule has 1 rings (SSSR count). The molecule has 1 aromatic carbocycles. The minimum Gasteiger partial charge on any atom is -0.502 e. The minimum atomic E-state index is -0.642. The number of aromatic hydroxyl groups is 1. The van der Waals surface area contributed by atoms with E-state index in [9.17, 15) is 15.2 Å². The zero-order chi connectivity index (χ0) is 11.3. The van der Waals surface area contributed by atoms with E-state index in [-0.39, 0.29) is 17.2 Å². The van der Waals surface area contributed by atoms with Crippen molar-refractivity contribution < 1.29 is 14.8 Å². The van der Waals surface area contributed by atoms with Crippen LogP contribution in [-0.2, 0) is 0 Å². The van der Waals surface area contributed by atoms with Gasteiger partial charge in [0.15, 0.2) is 5.75 Å². The number of phenolic OH excluding ortho intramolecular Hbond substituents is 1. The average Bonchev–Trinajstić information content (AvgIpc) is 2.17. The van der Waals surface area contributed by atoms with Crippen LogP contribution in [0.4, 0.5) is 5.69 Å². The molecule has 0 saturated heterocycles. The first-order valence-electron chi connectivity index (χ1n) is 4.76. The summed E-state index contributed by atoms with van der Waals surface area (Å²) in [5.41, 5.74) is -0.367. The van der Waals surface area contributed by atoms with E-state index in [1.807, 2.05) is 6.92 Å². The Kier molecular flexibility index (Phi) is 3.91. The number of hydrogen-bond donors (Lipinski definition) is 1. The number of phenols is 1. The Balaban J connectivity index is 2.86. The van der Waals surface area contributed by atoms with Crippen LogP contribution in [0.15, 0.2) is 18.2 Å². The third kappa shape index (κ3) is 2.83. The molecule has 0 aromatic heterocycles. The van der Waals surface area contributed by atoms with Crippen LogP contribution >= 0.6 is 0 Å². The van der Waals surface area contributed by atoms with Crippen LogP contribution < -0.4 is 4.74 Å². The van der Waals surface area contributed by atoms with Gasteiger partial charge in [-0.2, -0.15) is 0 Å². The summed E-state index contributed by atoms with van der Waals surface area (Å²) in [6.07, 6.45) is 1.78. The van der Waals surface area contributed by atoms with Crippen molar-refractivity contribution in [2.75, 3.05) is 6.61 Å². The lowest BCUT2D eigenvalue weighted by atomic mass is 10.2. The molecule has 0 aliphatic heterocycles. The molecule has 0 saturated carbocycles. The van der Waals surface area contributed by atoms with Gasteiger partial charge in [-0.1, -0.05) is 19.4 Å². The van der Waals surface area contributed by atoms with Crippen molar-refractivity contribution in [1.29, 1.82) is 0 Å². The van der Waals surface area contributed by atoms with Gasteiger partial charge in [0.1, 0.15) is 0 Å². The van der Waals surface area contributed by atoms with Crippen LogP contribution in [0.1, 0.15) is 19.8 Å². The highest BCUT2D eigenvalue weighted by Gasteiger charge is 2.20. The van der Waals surface area contributed by atoms with E-state index < -0.39 is 4.92 Å². The number of unbranched alkanes of at least 4 members (excludes halogenated alkanes) is 1. The van der Waals surface area contributed by atoms with Crippen molar-refractivity contribution >= 4 is 5.69 Å². The Labute approximate surface area is 87.5 Å². The van der Waals surface area contributed by atoms with Crippen LogP contribution in [0.5, 0.6) is 11.5 Å². The second-order valence-electron chi connectivity index (χ2n) is 3.08. The maximum Gasteiger partial charge on any atom is 0.352 e. The lowest BCUT2D eigenvalue weighted by Gasteiger charge is -2.06. The van der Waals surface area contributed by atoms with Crippen molar-refractivity contribution in [3.8, 4) is 11.5 Å². The second-order valence-corrected chi connectivity index (χ2v) is 3.08. The van der Waals surface area contributed by atoms with Gasteiger partial charge in [0.2, 0.25) is 5.75 Å². The van der Waals surface area contributed by atoms with Gasteiger partial charge in [0.25, 0.3) is 0 Å². The minimum absolute atomic E-state index is 0.119. The Morgan fingerprint density at radius 3 is 2.87 bits per heavy atom. The fourth-order valence-corrected chi connectivity index (χ4v) is 1.14. The van der Waals surface area contributed by atoms with E-state index in [2.05, 4.69) is 0 Å². The van der Waals surface area contributed by atoms with E-state index in [1.54, 1.807) is 0 Å². The molecule has 1 N–H and O–H groups in total. The maximum absolute atomic E-state index is 10.6. The molecular formula is C10H13NO4. The Morgan fingerprint density at radius 1 is 1.53 bits per heavy atom. The lowest BCUT2D eigenvalue weighted by molar-refractivity contribution is -0.386. The number of para-hydroxylation sites is 1. The summed E-state index contributed by atoms with van der Waals surface area (Å²) >= 11 is 0. The van der Waals surface area contributed by atoms with Crippen molar-refractivity contribution in [2.45, 2.75) is 19.8 Å². The molecule has 0 amide bonds. The first-order chi connectivity index (χ1) is 7.16. The molecule has 0 aliphatic rings. The van der Waals surface area contributed by atoms with Crippen molar-refractivity contribution in [1.82, 2.24) is 0 Å². The van der Waals surface area contributed by atoms with Gasteiger partial charge in [-0.3, -0.25) is 10.1 Å². The quantitative estimate of drug-likeness (QED) is 0.461. The Hall–Kier alpha value is -1.78. The van der Waals surface area contributed by atoms with Crippen LogP contribution in [0.2, 0.25) is 0 Å². The molecule has 5 nitrogen and oxygen atoms in total. The fraction of sp³-hybridized carbons (Fsp3) is 0.400. The second kappa shape index (κ2) is 5.19. The van der Waals surface area contributed by atoms with Crippen LogP contribution in [0.3, 0.4) is 0 Å². The molecule has 1 aromatic rings. The molecule has 0 heterocycles. The van der Waals surface area contributed by atoms with Gasteiger partial charge in [-0.15, -0.1) is 0 Å². The summed E-state index contributed by atoms with van der Waals surface area (Å²) in [5.74, 6) is -0.248. The highest BCUT2D eigenvalue weighted by Crippen LogP contribution is 2.35. The zero-order valence-electron chi connectivity index (χ0n) is 8.47. The van der Waals surface area contributed by atoms with E-state index in [0.717, 1.165) is 12.8 Å². The van der Waals surface area contributed by atoms with Gasteiger partial charge in [-0.05, 0) is 18.6 Å². The predicted molar refractivity (Wildman–Crippen MR) is 55.2 cm³/mol. The summed E-state index contributed by atoms with van der Waals surface area (Å²) in [6, 6.07) is 4.27. The van der Waals surface area contributed by atoms with E-state index in [0.29, 0.717) is 6.61 Å². The van der Waals surface area contributed by atoms with Crippen LogP contribution in [-0.4, -0.2) is 16.6 Å². The number of nitrogens with zero attached hydrogens (tertiary/aromatic N) is 1. The fourth-order valence-electron chi connectivity index (χ4n) is 1.14. The number of hydrogen-bond acceptors (Lipinski definition) is 4. The van der Waals surface area contributed by atoms with E-state index >= 15 is 0 Å². The van der Waals surface area contributed by atoms with Gasteiger partial charge in [0, 0.05) is 0 Å². The molecule has 0 unspecified atom stereocenters. The summed E-state index contributed by atoms with van der Waals surface area (Å²) in [7, 11) is 0. The molecule has 82 valence electrons. The van der Waals surface area contributed by atoms with Gasteiger partial charge in [0.05, 0.1) is 11.5 Å². The van der Waals surface area contributed by atoms with Gasteiger partial charge < -0.3 is 9.84 Å². The number of benzene rings is 1. The highest BCUT2D eigenvalue weighted by atomic mass is 16.6. The highest BCUT2D eigenvalue weighted by molar-refractivity contribution is 5.56. The summed E-state index contributed by atoms with van der Waals surface area (Å²) in [6.45, 7) is 2.42. The van der Waals surface area contributed by atoms with Gasteiger partial charge >= 0.3 is 5.69 Å². The maximum atomic E-state index is 10.6. The molecule has 0 bridgehead atoms. The molecule has 15 heavy (non-hydrogen) atoms. The summed E-state index contributed by atoms with van der Waals surface area (Å²) in [5, 5.41) is 19.9. The standard InChI is InChI=1S/C10H13NO4/c1-2-3-7-15-9-6-4-5-8(12)10(9)11(13)14/h4-6,12H,2-3,7H2,1H3. The molecule has 0 aliphatic carbocycles. The monoisotopic (exact) mass is 211 g/mol. The third-order valence-electron chi connectivity index (χ3n) is 1.92. The SMILES string of the molecule is CCCCOc1cccc(O)c1[N+](=O)[O-]. The van der Waals surface area contributed by atoms with Crippen molar-refractivity contribution in [3.63, 3.8) is 0 Å². The Bertz CT molecular complexity index is 351. The van der Waals surface area contributed by atoms with Crippen molar-refractivity contribution in [3.05, 3.63) is 28.3 Å². The van der Waals surface area contributed by atoms with E-state index in [4.69, 9.17) is 4.74 Å². The van der Waals surface area contributed by atoms with E-state index in [1.165, 1.54) is 18.2 Å². The smallest absolute Gasteiger partial charge is 0.352 e. The van der Waals surface area contributed by atoms with Gasteiger partial charge in [-0.25, -0.2) is 0 Å². The lowest BCUT2D eigenvalue weighted by Crippen LogP contribution is -2.00. The van der Waals surface area contributed by atoms with Crippen molar-refractivity contribution in [2.24, 2.45) is 0 Å². The number of nitro groups is 1. The molecule has 0 spiro atoms. The molecule has 0 fully saturated rings. The molecule has 5 heteroatoms. The average molecular weight is 211 g/mol. The molecular weight excluding hydrogens is 198 g/mol. The summed E-state index contributed by atoms with van der Waals surface area (Å²) in [4.78, 5) is 10.00. The summed E-state index contributed by atoms with van der Waals surface area (Å²) < 4.78 is 5.22. The number of ether oxygens (including phenoxy) is 1. The largest absolute Gasteiger partial charge is 0.502 e. The Morgan fingerprint density at radius 2 is 2.27 bits per heavy atom. The van der Waals surface area contributed by atoms with Crippen LogP contribution in [0, 0.1) is 10.1 Å². The topological polar surface area (TPSA) is 72.6 Å². The number of rotatable bonds is 5. The van der Waals surface area contributed by atoms with Crippen LogP contribution in [0.25, 0.3) is 0 Å². The third-order valence-corrected chi connectivity index (χ3v) is 1.92. The molecule has 0 radical (unpaired) electrons. The zero-order valence-corrected chi connectivity index (χ0v) is 8.47. The molecule has 0 atom stereocenters. The normalized spacial score (nSPS) is 9.93. The number of nitro benzene ring substituents is 1.